The van der Waals surface area contributed by atoms with Crippen molar-refractivity contribution < 1.29 is 14.3 Å². The number of nitrogens with one attached hydrogen (secondary N) is 1. The van der Waals surface area contributed by atoms with Gasteiger partial charge in [0.1, 0.15) is 5.92 Å². The molecule has 0 fully saturated rings. The number of hydrogen-bond acceptors (Lipinski definition) is 5. The van der Waals surface area contributed by atoms with E-state index in [1.165, 1.54) is 0 Å². The van der Waals surface area contributed by atoms with E-state index in [1.54, 1.807) is 13.1 Å². The zero-order valence-corrected chi connectivity index (χ0v) is 13.2. The van der Waals surface area contributed by atoms with Gasteiger partial charge < -0.3 is 10.1 Å². The van der Waals surface area contributed by atoms with Crippen LogP contribution in [0.15, 0.2) is 47.9 Å². The molecule has 3 rings (SSSR count). The van der Waals surface area contributed by atoms with Crippen molar-refractivity contribution >= 4 is 11.8 Å². The molecule has 0 amide bonds. The standard InChI is InChI=1S/C18H20N2O3/c1-3-23-18(22)15-11(2)20-13-8-6-9-14(21)16(13)17(15)12-7-4-5-10-19-12/h4-5,7,10,15,17,20H,2-3,6,8-9H2,1H3. The molecule has 120 valence electrons. The predicted octanol–water partition coefficient (Wildman–Crippen LogP) is 2.47. The van der Waals surface area contributed by atoms with Gasteiger partial charge in [0.2, 0.25) is 0 Å². The van der Waals surface area contributed by atoms with Crippen LogP contribution in [-0.2, 0) is 14.3 Å². The highest BCUT2D eigenvalue weighted by atomic mass is 16.5. The van der Waals surface area contributed by atoms with E-state index >= 15 is 0 Å². The van der Waals surface area contributed by atoms with Crippen molar-refractivity contribution in [1.82, 2.24) is 10.3 Å². The third-order valence-electron chi connectivity index (χ3n) is 4.33. The van der Waals surface area contributed by atoms with Crippen molar-refractivity contribution in [3.63, 3.8) is 0 Å². The molecule has 1 aliphatic carbocycles. The van der Waals surface area contributed by atoms with Crippen LogP contribution in [0.5, 0.6) is 0 Å². The number of carbonyl (C=O) groups excluding carboxylic acids is 2. The second-order valence-electron chi connectivity index (χ2n) is 5.78. The first-order chi connectivity index (χ1) is 11.1. The topological polar surface area (TPSA) is 68.3 Å². The van der Waals surface area contributed by atoms with Crippen LogP contribution in [0.1, 0.15) is 37.8 Å². The van der Waals surface area contributed by atoms with E-state index in [0.29, 0.717) is 23.4 Å². The first-order valence-corrected chi connectivity index (χ1v) is 7.93. The number of pyridine rings is 1. The second-order valence-corrected chi connectivity index (χ2v) is 5.78. The third-order valence-corrected chi connectivity index (χ3v) is 4.33. The lowest BCUT2D eigenvalue weighted by atomic mass is 9.73. The highest BCUT2D eigenvalue weighted by Gasteiger charge is 2.44. The first kappa shape index (κ1) is 15.5. The fourth-order valence-electron chi connectivity index (χ4n) is 3.38. The number of carbonyl (C=O) groups is 2. The molecular weight excluding hydrogens is 292 g/mol. The van der Waals surface area contributed by atoms with Crippen LogP contribution >= 0.6 is 0 Å². The van der Waals surface area contributed by atoms with E-state index in [4.69, 9.17) is 4.74 Å². The number of ether oxygens (including phenoxy) is 1. The molecule has 2 atom stereocenters. The van der Waals surface area contributed by atoms with Gasteiger partial charge in [-0.15, -0.1) is 0 Å². The molecule has 1 aromatic rings. The number of aromatic nitrogens is 1. The maximum absolute atomic E-state index is 12.5. The van der Waals surface area contributed by atoms with Crippen LogP contribution in [0.25, 0.3) is 0 Å². The quantitative estimate of drug-likeness (QED) is 0.868. The van der Waals surface area contributed by atoms with Gasteiger partial charge in [0.25, 0.3) is 0 Å². The normalized spacial score (nSPS) is 24.0. The number of esters is 1. The maximum atomic E-state index is 12.5. The fourth-order valence-corrected chi connectivity index (χ4v) is 3.38. The fraction of sp³-hybridized carbons (Fsp3) is 0.389. The molecule has 0 saturated heterocycles. The van der Waals surface area contributed by atoms with Crippen molar-refractivity contribution in [2.45, 2.75) is 32.1 Å². The molecule has 0 saturated carbocycles. The number of hydrogen-bond donors (Lipinski definition) is 1. The van der Waals surface area contributed by atoms with Gasteiger partial charge in [-0.05, 0) is 31.9 Å². The molecule has 5 heteroatoms. The van der Waals surface area contributed by atoms with E-state index in [2.05, 4.69) is 16.9 Å². The minimum absolute atomic E-state index is 0.0798. The van der Waals surface area contributed by atoms with Gasteiger partial charge in [0, 0.05) is 35.3 Å². The van der Waals surface area contributed by atoms with Crippen LogP contribution in [0.4, 0.5) is 0 Å². The summed E-state index contributed by atoms with van der Waals surface area (Å²) in [5.74, 6) is -1.35. The Hall–Kier alpha value is -2.43. The Kier molecular flexibility index (Phi) is 4.28. The van der Waals surface area contributed by atoms with Crippen molar-refractivity contribution in [1.29, 1.82) is 0 Å². The summed E-state index contributed by atoms with van der Waals surface area (Å²) in [6, 6.07) is 5.53. The lowest BCUT2D eigenvalue weighted by Gasteiger charge is -2.37. The molecule has 2 aliphatic rings. The second kappa shape index (κ2) is 6.36. The number of ketones is 1. The van der Waals surface area contributed by atoms with E-state index in [0.717, 1.165) is 18.5 Å². The summed E-state index contributed by atoms with van der Waals surface area (Å²) in [7, 11) is 0. The Morgan fingerprint density at radius 3 is 2.96 bits per heavy atom. The Morgan fingerprint density at radius 1 is 1.43 bits per heavy atom. The molecule has 2 unspecified atom stereocenters. The average molecular weight is 312 g/mol. The number of allylic oxidation sites excluding steroid dienone is 2. The summed E-state index contributed by atoms with van der Waals surface area (Å²) in [5, 5.41) is 3.17. The van der Waals surface area contributed by atoms with Gasteiger partial charge in [0.05, 0.1) is 12.5 Å². The first-order valence-electron chi connectivity index (χ1n) is 7.93. The molecule has 5 nitrogen and oxygen atoms in total. The summed E-state index contributed by atoms with van der Waals surface area (Å²) >= 11 is 0. The van der Waals surface area contributed by atoms with Crippen molar-refractivity contribution in [3.8, 4) is 0 Å². The minimum Gasteiger partial charge on any atom is -0.465 e. The lowest BCUT2D eigenvalue weighted by molar-refractivity contribution is -0.147. The molecule has 0 spiro atoms. The highest BCUT2D eigenvalue weighted by Crippen LogP contribution is 2.43. The van der Waals surface area contributed by atoms with Gasteiger partial charge in [-0.25, -0.2) is 0 Å². The summed E-state index contributed by atoms with van der Waals surface area (Å²) in [4.78, 5) is 29.4. The van der Waals surface area contributed by atoms with E-state index < -0.39 is 11.8 Å². The maximum Gasteiger partial charge on any atom is 0.315 e. The van der Waals surface area contributed by atoms with Crippen LogP contribution in [-0.4, -0.2) is 23.3 Å². The zero-order chi connectivity index (χ0) is 16.4. The molecule has 2 heterocycles. The highest BCUT2D eigenvalue weighted by molar-refractivity contribution is 6.00. The summed E-state index contributed by atoms with van der Waals surface area (Å²) in [5.41, 5.74) is 2.83. The molecule has 0 aromatic carbocycles. The number of rotatable bonds is 3. The van der Waals surface area contributed by atoms with Gasteiger partial charge in [0.15, 0.2) is 5.78 Å². The Balaban J connectivity index is 2.12. The summed E-state index contributed by atoms with van der Waals surface area (Å²) < 4.78 is 5.22. The Morgan fingerprint density at radius 2 is 2.26 bits per heavy atom. The molecule has 0 bridgehead atoms. The third kappa shape index (κ3) is 2.79. The molecule has 1 aromatic heterocycles. The van der Waals surface area contributed by atoms with Gasteiger partial charge in [-0.2, -0.15) is 0 Å². The molecule has 23 heavy (non-hydrogen) atoms. The largest absolute Gasteiger partial charge is 0.465 e. The zero-order valence-electron chi connectivity index (χ0n) is 13.2. The van der Waals surface area contributed by atoms with E-state index in [9.17, 15) is 9.59 Å². The van der Waals surface area contributed by atoms with E-state index in [1.807, 2.05) is 18.2 Å². The average Bonchev–Trinajstić information content (AvgIpc) is 2.54. The van der Waals surface area contributed by atoms with Crippen molar-refractivity contribution in [3.05, 3.63) is 53.6 Å². The number of nitrogens with zero attached hydrogens (tertiary/aromatic N) is 1. The number of Topliss-reactive ketones (excluding diaryl/α,β-unsaturated/α-hetero) is 1. The van der Waals surface area contributed by atoms with Gasteiger partial charge >= 0.3 is 5.97 Å². The SMILES string of the molecule is C=C1NC2=C(C(=O)CCC2)C(c2ccccn2)C1C(=O)OCC. The van der Waals surface area contributed by atoms with E-state index in [-0.39, 0.29) is 18.4 Å². The smallest absolute Gasteiger partial charge is 0.315 e. The van der Waals surface area contributed by atoms with Gasteiger partial charge in [-0.1, -0.05) is 12.6 Å². The van der Waals surface area contributed by atoms with Crippen LogP contribution in [0, 0.1) is 5.92 Å². The molecular formula is C18H20N2O3. The molecule has 1 N–H and O–H groups in total. The minimum atomic E-state index is -0.634. The monoisotopic (exact) mass is 312 g/mol. The Bertz CT molecular complexity index is 679. The molecule has 0 radical (unpaired) electrons. The van der Waals surface area contributed by atoms with Gasteiger partial charge in [-0.3, -0.25) is 14.6 Å². The van der Waals surface area contributed by atoms with Crippen molar-refractivity contribution in [2.75, 3.05) is 6.61 Å². The van der Waals surface area contributed by atoms with Crippen LogP contribution in [0.3, 0.4) is 0 Å². The van der Waals surface area contributed by atoms with Crippen molar-refractivity contribution in [2.24, 2.45) is 5.92 Å². The van der Waals surface area contributed by atoms with Crippen LogP contribution < -0.4 is 5.32 Å². The lowest BCUT2D eigenvalue weighted by Crippen LogP contribution is -2.41. The summed E-state index contributed by atoms with van der Waals surface area (Å²) in [6.07, 6.45) is 3.79. The molecule has 1 aliphatic heterocycles. The Labute approximate surface area is 135 Å². The summed E-state index contributed by atoms with van der Waals surface area (Å²) in [6.45, 7) is 6.06. The predicted molar refractivity (Wildman–Crippen MR) is 85.3 cm³/mol. The van der Waals surface area contributed by atoms with Crippen LogP contribution in [0.2, 0.25) is 0 Å².